The van der Waals surface area contributed by atoms with Crippen LogP contribution < -0.4 is 21.7 Å². The quantitative estimate of drug-likeness (QED) is 0.476. The molecule has 0 radical (unpaired) electrons. The van der Waals surface area contributed by atoms with Gasteiger partial charge in [-0.05, 0) is 74.1 Å². The summed E-state index contributed by atoms with van der Waals surface area (Å²) in [6.45, 7) is 8.08. The second kappa shape index (κ2) is 11.4. The topological polar surface area (TPSA) is 44.3 Å². The zero-order chi connectivity index (χ0) is 22.7. The lowest BCUT2D eigenvalue weighted by Crippen LogP contribution is -3.00. The van der Waals surface area contributed by atoms with Gasteiger partial charge in [-0.3, -0.25) is 0 Å². The van der Waals surface area contributed by atoms with E-state index in [1.54, 1.807) is 7.11 Å². The van der Waals surface area contributed by atoms with E-state index in [2.05, 4.69) is 48.2 Å². The van der Waals surface area contributed by atoms with Crippen LogP contribution >= 0.6 is 0 Å². The fraction of sp³-hybridized carbons (Fsp3) is 0.630. The molecule has 182 valence electrons. The third-order valence-electron chi connectivity index (χ3n) is 7.42. The van der Waals surface area contributed by atoms with Gasteiger partial charge in [0, 0.05) is 12.0 Å². The van der Waals surface area contributed by atoms with Crippen molar-refractivity contribution >= 4 is 5.97 Å². The van der Waals surface area contributed by atoms with Crippen molar-refractivity contribution in [3.05, 3.63) is 36.3 Å². The Morgan fingerprint density at radius 2 is 1.91 bits per heavy atom. The highest BCUT2D eigenvalue weighted by atomic mass is 35.5. The summed E-state index contributed by atoms with van der Waals surface area (Å²) in [6, 6.07) is 8.21. The number of benzene rings is 1. The van der Waals surface area contributed by atoms with Crippen LogP contribution in [0.15, 0.2) is 30.5 Å². The molecule has 5 nitrogen and oxygen atoms in total. The minimum Gasteiger partial charge on any atom is -1.00 e. The molecule has 0 N–H and O–H groups in total. The van der Waals surface area contributed by atoms with Crippen molar-refractivity contribution in [2.45, 2.75) is 84.9 Å². The summed E-state index contributed by atoms with van der Waals surface area (Å²) < 4.78 is 16.0. The van der Waals surface area contributed by atoms with E-state index in [-0.39, 0.29) is 24.5 Å². The summed E-state index contributed by atoms with van der Waals surface area (Å²) in [7, 11) is 1.69. The van der Waals surface area contributed by atoms with Crippen LogP contribution in [0.25, 0.3) is 11.3 Å². The van der Waals surface area contributed by atoms with Crippen LogP contribution in [-0.4, -0.2) is 23.8 Å². The van der Waals surface area contributed by atoms with Gasteiger partial charge in [-0.2, -0.15) is 0 Å². The lowest BCUT2D eigenvalue weighted by molar-refractivity contribution is -0.692. The lowest BCUT2D eigenvalue weighted by atomic mass is 9.75. The maximum atomic E-state index is 13.1. The molecule has 0 saturated heterocycles. The molecule has 1 fully saturated rings. The van der Waals surface area contributed by atoms with Crippen LogP contribution in [0.2, 0.25) is 0 Å². The molecular formula is C27H39ClN2O3. The number of methoxy groups -OCH3 is 1. The number of aromatic nitrogens is 2. The van der Waals surface area contributed by atoms with Crippen molar-refractivity contribution < 1.29 is 31.2 Å². The molecule has 0 bridgehead atoms. The normalized spacial score (nSPS) is 22.8. The predicted molar refractivity (Wildman–Crippen MR) is 125 cm³/mol. The molecule has 4 rings (SSSR count). The minimum atomic E-state index is -0.0984. The number of hydrogen-bond acceptors (Lipinski definition) is 3. The van der Waals surface area contributed by atoms with E-state index in [0.29, 0.717) is 24.3 Å². The molecule has 33 heavy (non-hydrogen) atoms. The second-order valence-electron chi connectivity index (χ2n) is 10.1. The van der Waals surface area contributed by atoms with E-state index in [1.165, 1.54) is 30.8 Å². The smallest absolute Gasteiger partial charge is 0.348 e. The first kappa shape index (κ1) is 25.6. The van der Waals surface area contributed by atoms with Gasteiger partial charge < -0.3 is 21.9 Å². The Kier molecular flexibility index (Phi) is 8.86. The molecule has 2 heterocycles. The minimum absolute atomic E-state index is 0. The zero-order valence-electron chi connectivity index (χ0n) is 20.6. The monoisotopic (exact) mass is 474 g/mol. The number of halogens is 1. The van der Waals surface area contributed by atoms with E-state index in [9.17, 15) is 4.79 Å². The van der Waals surface area contributed by atoms with E-state index in [0.717, 1.165) is 43.5 Å². The van der Waals surface area contributed by atoms with E-state index in [1.807, 2.05) is 12.1 Å². The van der Waals surface area contributed by atoms with Crippen LogP contribution in [0.1, 0.15) is 65.1 Å². The average molecular weight is 475 g/mol. The maximum Gasteiger partial charge on any atom is 0.348 e. The highest BCUT2D eigenvalue weighted by Crippen LogP contribution is 2.35. The number of rotatable bonds is 6. The van der Waals surface area contributed by atoms with Crippen molar-refractivity contribution in [3.8, 4) is 17.0 Å². The summed E-state index contributed by atoms with van der Waals surface area (Å²) in [5.74, 6) is 3.64. The number of nitrogens with zero attached hydrogens (tertiary/aromatic N) is 2. The Hall–Kier alpha value is -2.01. The van der Waals surface area contributed by atoms with Crippen LogP contribution in [0.4, 0.5) is 0 Å². The summed E-state index contributed by atoms with van der Waals surface area (Å²) in [6.07, 6.45) is 10.1. The largest absolute Gasteiger partial charge is 1.00 e. The first-order valence-corrected chi connectivity index (χ1v) is 12.4. The Morgan fingerprint density at radius 1 is 1.15 bits per heavy atom. The molecule has 3 atom stereocenters. The van der Waals surface area contributed by atoms with Crippen molar-refractivity contribution in [2.24, 2.45) is 17.8 Å². The first-order valence-electron chi connectivity index (χ1n) is 12.4. The lowest BCUT2D eigenvalue weighted by Gasteiger charge is -2.36. The fourth-order valence-corrected chi connectivity index (χ4v) is 5.57. The highest BCUT2D eigenvalue weighted by molar-refractivity contribution is 5.68. The number of carbonyl (C=O) groups excluding carboxylic acids is 1. The molecule has 1 aliphatic heterocycles. The molecule has 1 aliphatic carbocycles. The summed E-state index contributed by atoms with van der Waals surface area (Å²) in [4.78, 5) is 13.1. The molecule has 0 spiro atoms. The molecule has 1 aromatic carbocycles. The number of hydrogen-bond donors (Lipinski definition) is 0. The molecule has 0 unspecified atom stereocenters. The first-order chi connectivity index (χ1) is 15.5. The molecule has 1 saturated carbocycles. The maximum absolute atomic E-state index is 13.1. The third-order valence-corrected chi connectivity index (χ3v) is 7.42. The average Bonchev–Trinajstić information content (AvgIpc) is 2.94. The third kappa shape index (κ3) is 5.92. The number of carbonyl (C=O) groups is 1. The second-order valence-corrected chi connectivity index (χ2v) is 10.1. The van der Waals surface area contributed by atoms with Crippen molar-refractivity contribution in [3.63, 3.8) is 0 Å². The number of imidazole rings is 1. The number of ether oxygens (including phenoxy) is 2. The molecule has 6 heteroatoms. The van der Waals surface area contributed by atoms with Gasteiger partial charge >= 0.3 is 5.97 Å². The highest BCUT2D eigenvalue weighted by Gasteiger charge is 2.34. The Labute approximate surface area is 204 Å². The van der Waals surface area contributed by atoms with Gasteiger partial charge in [0.05, 0.1) is 13.7 Å². The summed E-state index contributed by atoms with van der Waals surface area (Å²) in [5.41, 5.74) is 2.32. The van der Waals surface area contributed by atoms with Gasteiger partial charge in [-0.1, -0.05) is 27.2 Å². The van der Waals surface area contributed by atoms with Crippen molar-refractivity contribution in [1.82, 2.24) is 4.57 Å². The van der Waals surface area contributed by atoms with Gasteiger partial charge in [0.25, 0.3) is 5.82 Å². The van der Waals surface area contributed by atoms with Crippen LogP contribution in [-0.2, 0) is 29.0 Å². The van der Waals surface area contributed by atoms with Crippen LogP contribution in [0, 0.1) is 17.8 Å². The van der Waals surface area contributed by atoms with Gasteiger partial charge in [-0.25, -0.2) is 13.9 Å². The van der Waals surface area contributed by atoms with Gasteiger partial charge in [-0.15, -0.1) is 0 Å². The van der Waals surface area contributed by atoms with Crippen LogP contribution in [0.5, 0.6) is 5.75 Å². The van der Waals surface area contributed by atoms with Gasteiger partial charge in [0.2, 0.25) is 0 Å². The fourth-order valence-electron chi connectivity index (χ4n) is 5.57. The Morgan fingerprint density at radius 3 is 2.61 bits per heavy atom. The summed E-state index contributed by atoms with van der Waals surface area (Å²) in [5, 5.41) is 0. The van der Waals surface area contributed by atoms with Crippen molar-refractivity contribution in [1.29, 1.82) is 0 Å². The van der Waals surface area contributed by atoms with Gasteiger partial charge in [0.15, 0.2) is 12.2 Å². The number of fused-ring (bicyclic) bond motifs is 1. The predicted octanol–water partition coefficient (Wildman–Crippen LogP) is 2.19. The zero-order valence-corrected chi connectivity index (χ0v) is 21.3. The Bertz CT molecular complexity index is 922. The standard InChI is InChI=1S/C27H39N2O3.ClH/c1-19(2)23-14-9-20(3)16-25(23)32-27(30)18-28-17-24(21-10-12-22(31-4)13-11-21)29-15-7-5-6-8-26(28)29;/h10-13,17,19-20,23,25H,5-9,14-16,18H2,1-4H3;1H/q+1;/p-1/t20-,23-,25+;/m1./s1. The Balaban J connectivity index is 0.00000306. The molecule has 1 aromatic heterocycles. The molecule has 2 aromatic rings. The molecule has 2 aliphatic rings. The summed E-state index contributed by atoms with van der Waals surface area (Å²) >= 11 is 0. The van der Waals surface area contributed by atoms with Gasteiger partial charge in [0.1, 0.15) is 18.1 Å². The van der Waals surface area contributed by atoms with Crippen LogP contribution in [0.3, 0.4) is 0 Å². The molecular weight excluding hydrogens is 436 g/mol. The van der Waals surface area contributed by atoms with E-state index in [4.69, 9.17) is 9.47 Å². The number of esters is 1. The molecule has 0 amide bonds. The van der Waals surface area contributed by atoms with E-state index >= 15 is 0 Å². The SMILES string of the molecule is COc1ccc(-c2c[n+](CC(=O)O[C@H]3C[C@H](C)CC[C@@H]3C(C)C)c3n2CCCCC3)cc1.[Cl-]. The van der Waals surface area contributed by atoms with E-state index < -0.39 is 0 Å². The van der Waals surface area contributed by atoms with Crippen molar-refractivity contribution in [2.75, 3.05) is 7.11 Å².